The van der Waals surface area contributed by atoms with Gasteiger partial charge in [0.1, 0.15) is 5.60 Å². The Hall–Kier alpha value is -1.50. The molecular formula is C16H28N4O3. The van der Waals surface area contributed by atoms with Crippen LogP contribution in [0, 0.1) is 5.41 Å². The average Bonchev–Trinajstić information content (AvgIpc) is 2.83. The van der Waals surface area contributed by atoms with Gasteiger partial charge in [0, 0.05) is 31.6 Å². The number of aliphatic imine (C=N–C) groups is 1. The van der Waals surface area contributed by atoms with E-state index in [9.17, 15) is 4.79 Å². The van der Waals surface area contributed by atoms with Crippen LogP contribution in [0.15, 0.2) is 4.99 Å². The van der Waals surface area contributed by atoms with Crippen molar-refractivity contribution in [3.63, 3.8) is 0 Å². The fourth-order valence-electron chi connectivity index (χ4n) is 3.07. The van der Waals surface area contributed by atoms with E-state index >= 15 is 0 Å². The number of piperazine rings is 1. The molecule has 3 aliphatic rings. The fraction of sp³-hybridized carbons (Fsp3) is 0.875. The molecule has 0 bridgehead atoms. The van der Waals surface area contributed by atoms with E-state index in [1.807, 2.05) is 20.8 Å². The maximum atomic E-state index is 12.2. The molecule has 0 saturated carbocycles. The van der Waals surface area contributed by atoms with Crippen molar-refractivity contribution in [1.29, 1.82) is 0 Å². The van der Waals surface area contributed by atoms with Gasteiger partial charge in [-0.15, -0.1) is 0 Å². The number of nitrogens with one attached hydrogen (secondary N) is 1. The van der Waals surface area contributed by atoms with E-state index in [0.717, 1.165) is 38.8 Å². The highest BCUT2D eigenvalue weighted by atomic mass is 16.6. The van der Waals surface area contributed by atoms with Crippen molar-refractivity contribution in [2.24, 2.45) is 10.4 Å². The summed E-state index contributed by atoms with van der Waals surface area (Å²) in [6, 6.07) is 0.254. The second kappa shape index (κ2) is 5.85. The number of ether oxygens (including phenoxy) is 2. The van der Waals surface area contributed by atoms with Crippen molar-refractivity contribution < 1.29 is 14.3 Å². The molecule has 0 aromatic heterocycles. The second-order valence-corrected chi connectivity index (χ2v) is 8.09. The Morgan fingerprint density at radius 1 is 1.43 bits per heavy atom. The molecule has 2 fully saturated rings. The summed E-state index contributed by atoms with van der Waals surface area (Å²) in [6.07, 6.45) is -0.224. The molecule has 130 valence electrons. The largest absolute Gasteiger partial charge is 0.444 e. The number of carbonyl (C=O) groups excluding carboxylic acids is 1. The van der Waals surface area contributed by atoms with Crippen LogP contribution >= 0.6 is 0 Å². The first kappa shape index (κ1) is 16.4. The monoisotopic (exact) mass is 324 g/mol. The maximum Gasteiger partial charge on any atom is 0.410 e. The van der Waals surface area contributed by atoms with E-state index in [4.69, 9.17) is 9.47 Å². The Labute approximate surface area is 138 Å². The van der Waals surface area contributed by atoms with Crippen LogP contribution in [0.4, 0.5) is 4.79 Å². The summed E-state index contributed by atoms with van der Waals surface area (Å²) in [6.45, 7) is 13.3. The first-order chi connectivity index (χ1) is 10.8. The zero-order chi connectivity index (χ0) is 16.7. The average molecular weight is 324 g/mol. The van der Waals surface area contributed by atoms with Crippen LogP contribution in [0.1, 0.15) is 27.7 Å². The van der Waals surface area contributed by atoms with Gasteiger partial charge in [-0.3, -0.25) is 4.99 Å². The van der Waals surface area contributed by atoms with Crippen LogP contribution in [-0.2, 0) is 9.47 Å². The summed E-state index contributed by atoms with van der Waals surface area (Å²) in [5, 5.41) is 3.47. The Morgan fingerprint density at radius 2 is 2.17 bits per heavy atom. The number of guanidine groups is 1. The lowest BCUT2D eigenvalue weighted by atomic mass is 9.89. The van der Waals surface area contributed by atoms with Gasteiger partial charge < -0.3 is 24.6 Å². The molecule has 0 aromatic rings. The summed E-state index contributed by atoms with van der Waals surface area (Å²) in [5.41, 5.74) is -0.230. The second-order valence-electron chi connectivity index (χ2n) is 8.09. The molecule has 0 radical (unpaired) electrons. The molecule has 23 heavy (non-hydrogen) atoms. The molecule has 0 aromatic carbocycles. The van der Waals surface area contributed by atoms with Gasteiger partial charge in [0.15, 0.2) is 5.96 Å². The topological polar surface area (TPSA) is 66.4 Å². The van der Waals surface area contributed by atoms with E-state index in [2.05, 4.69) is 22.1 Å². The highest BCUT2D eigenvalue weighted by Crippen LogP contribution is 2.26. The summed E-state index contributed by atoms with van der Waals surface area (Å²) >= 11 is 0. The Morgan fingerprint density at radius 3 is 2.78 bits per heavy atom. The van der Waals surface area contributed by atoms with Crippen molar-refractivity contribution in [3.8, 4) is 0 Å². The van der Waals surface area contributed by atoms with Gasteiger partial charge in [0.25, 0.3) is 0 Å². The van der Waals surface area contributed by atoms with Gasteiger partial charge >= 0.3 is 6.09 Å². The van der Waals surface area contributed by atoms with E-state index in [1.165, 1.54) is 0 Å². The SMILES string of the molecule is CC1(CNC2=NCC3CN(C(=O)OC(C)(C)C)CCN23)COC1. The standard InChI is InChI=1S/C16H28N4O3/c1-15(2,3)23-14(21)19-5-6-20-12(8-19)7-17-13(20)18-9-16(4)10-22-11-16/h12H,5-11H2,1-4H3,(H,17,18). The number of rotatable bonds is 2. The minimum atomic E-state index is -0.451. The Bertz CT molecular complexity index is 496. The van der Waals surface area contributed by atoms with E-state index in [1.54, 1.807) is 4.90 Å². The molecule has 0 spiro atoms. The lowest BCUT2D eigenvalue weighted by Crippen LogP contribution is -2.59. The summed E-state index contributed by atoms with van der Waals surface area (Å²) < 4.78 is 10.8. The van der Waals surface area contributed by atoms with Crippen molar-refractivity contribution in [2.75, 3.05) is 45.9 Å². The molecule has 3 rings (SSSR count). The smallest absolute Gasteiger partial charge is 0.410 e. The lowest BCUT2D eigenvalue weighted by molar-refractivity contribution is -0.0973. The maximum absolute atomic E-state index is 12.2. The number of fused-ring (bicyclic) bond motifs is 1. The molecular weight excluding hydrogens is 296 g/mol. The zero-order valence-corrected chi connectivity index (χ0v) is 14.6. The van der Waals surface area contributed by atoms with Crippen molar-refractivity contribution in [3.05, 3.63) is 0 Å². The minimum Gasteiger partial charge on any atom is -0.444 e. The molecule has 3 aliphatic heterocycles. The van der Waals surface area contributed by atoms with E-state index in [-0.39, 0.29) is 17.6 Å². The molecule has 1 N–H and O–H groups in total. The third-order valence-corrected chi connectivity index (χ3v) is 4.43. The predicted molar refractivity (Wildman–Crippen MR) is 87.5 cm³/mol. The lowest BCUT2D eigenvalue weighted by Gasteiger charge is -2.41. The van der Waals surface area contributed by atoms with Crippen LogP contribution in [0.2, 0.25) is 0 Å². The van der Waals surface area contributed by atoms with Crippen molar-refractivity contribution in [2.45, 2.75) is 39.3 Å². The molecule has 0 aliphatic carbocycles. The number of carbonyl (C=O) groups is 1. The number of hydrogen-bond acceptors (Lipinski definition) is 6. The zero-order valence-electron chi connectivity index (χ0n) is 14.6. The first-order valence-corrected chi connectivity index (χ1v) is 8.36. The van der Waals surface area contributed by atoms with Crippen LogP contribution in [0.25, 0.3) is 0 Å². The summed E-state index contributed by atoms with van der Waals surface area (Å²) in [4.78, 5) is 20.9. The number of amides is 1. The number of hydrogen-bond donors (Lipinski definition) is 1. The van der Waals surface area contributed by atoms with Crippen molar-refractivity contribution in [1.82, 2.24) is 15.1 Å². The third-order valence-electron chi connectivity index (χ3n) is 4.43. The quantitative estimate of drug-likeness (QED) is 0.818. The molecule has 2 saturated heterocycles. The third kappa shape index (κ3) is 3.71. The molecule has 1 atom stereocenters. The highest BCUT2D eigenvalue weighted by Gasteiger charge is 2.38. The number of nitrogens with zero attached hydrogens (tertiary/aromatic N) is 3. The Balaban J connectivity index is 1.50. The Kier molecular flexibility index (Phi) is 4.16. The normalized spacial score (nSPS) is 26.3. The molecule has 7 nitrogen and oxygen atoms in total. The molecule has 1 unspecified atom stereocenters. The summed E-state index contributed by atoms with van der Waals surface area (Å²) in [7, 11) is 0. The van der Waals surface area contributed by atoms with Gasteiger partial charge in [-0.25, -0.2) is 4.79 Å². The molecule has 1 amide bonds. The van der Waals surface area contributed by atoms with Crippen LogP contribution in [0.3, 0.4) is 0 Å². The van der Waals surface area contributed by atoms with Gasteiger partial charge in [-0.2, -0.15) is 0 Å². The van der Waals surface area contributed by atoms with Crippen LogP contribution in [-0.4, -0.2) is 79.4 Å². The van der Waals surface area contributed by atoms with Gasteiger partial charge in [0.2, 0.25) is 0 Å². The predicted octanol–water partition coefficient (Wildman–Crippen LogP) is 0.903. The first-order valence-electron chi connectivity index (χ1n) is 8.36. The molecule has 3 heterocycles. The van der Waals surface area contributed by atoms with Crippen LogP contribution in [0.5, 0.6) is 0 Å². The van der Waals surface area contributed by atoms with E-state index < -0.39 is 5.60 Å². The minimum absolute atomic E-state index is 0.221. The van der Waals surface area contributed by atoms with Gasteiger partial charge in [0.05, 0.1) is 25.8 Å². The van der Waals surface area contributed by atoms with Gasteiger partial charge in [-0.05, 0) is 20.8 Å². The molecule has 7 heteroatoms. The fourth-order valence-corrected chi connectivity index (χ4v) is 3.07. The van der Waals surface area contributed by atoms with Gasteiger partial charge in [-0.1, -0.05) is 6.92 Å². The van der Waals surface area contributed by atoms with E-state index in [0.29, 0.717) is 13.1 Å². The van der Waals surface area contributed by atoms with Crippen LogP contribution < -0.4 is 5.32 Å². The van der Waals surface area contributed by atoms with Crippen molar-refractivity contribution >= 4 is 12.1 Å². The summed E-state index contributed by atoms with van der Waals surface area (Å²) in [5.74, 6) is 0.965. The highest BCUT2D eigenvalue weighted by molar-refractivity contribution is 5.82.